The van der Waals surface area contributed by atoms with Crippen molar-refractivity contribution in [2.45, 2.75) is 0 Å². The van der Waals surface area contributed by atoms with Crippen LogP contribution in [0.2, 0.25) is 0 Å². The molecule has 4 rings (SSSR count). The molecule has 3 heterocycles. The first-order chi connectivity index (χ1) is 11.6. The number of nitro benzene ring substituents is 1. The van der Waals surface area contributed by atoms with E-state index >= 15 is 0 Å². The van der Waals surface area contributed by atoms with E-state index in [9.17, 15) is 14.9 Å². The Morgan fingerprint density at radius 3 is 2.83 bits per heavy atom. The molecule has 1 aliphatic rings. The third kappa shape index (κ3) is 2.40. The summed E-state index contributed by atoms with van der Waals surface area (Å²) in [4.78, 5) is 22.6. The fraction of sp³-hybridized carbons (Fsp3) is 0. The number of anilines is 1. The Morgan fingerprint density at radius 1 is 1.21 bits per heavy atom. The lowest BCUT2D eigenvalue weighted by Gasteiger charge is -1.98. The summed E-state index contributed by atoms with van der Waals surface area (Å²) < 4.78 is 5.75. The molecule has 118 valence electrons. The van der Waals surface area contributed by atoms with Crippen LogP contribution in [0.1, 0.15) is 11.3 Å². The Bertz CT molecular complexity index is 986. The van der Waals surface area contributed by atoms with Crippen molar-refractivity contribution in [3.8, 4) is 11.3 Å². The lowest BCUT2D eigenvalue weighted by atomic mass is 10.1. The van der Waals surface area contributed by atoms with Crippen molar-refractivity contribution in [3.05, 3.63) is 68.6 Å². The molecule has 1 aliphatic heterocycles. The summed E-state index contributed by atoms with van der Waals surface area (Å²) in [6.07, 6.45) is 1.60. The van der Waals surface area contributed by atoms with Gasteiger partial charge in [-0.15, -0.1) is 0 Å². The van der Waals surface area contributed by atoms with Gasteiger partial charge in [-0.3, -0.25) is 14.9 Å². The number of carbonyl (C=O) groups is 1. The van der Waals surface area contributed by atoms with Crippen molar-refractivity contribution in [1.29, 1.82) is 0 Å². The van der Waals surface area contributed by atoms with Crippen LogP contribution in [-0.2, 0) is 4.79 Å². The van der Waals surface area contributed by atoms with Crippen molar-refractivity contribution in [2.75, 3.05) is 5.32 Å². The lowest BCUT2D eigenvalue weighted by Crippen LogP contribution is -2.03. The van der Waals surface area contributed by atoms with Gasteiger partial charge in [0.25, 0.3) is 11.6 Å². The molecule has 0 saturated carbocycles. The van der Waals surface area contributed by atoms with Crippen LogP contribution in [0.25, 0.3) is 23.0 Å². The van der Waals surface area contributed by atoms with Gasteiger partial charge in [-0.1, -0.05) is 0 Å². The van der Waals surface area contributed by atoms with Crippen LogP contribution in [0.5, 0.6) is 0 Å². The summed E-state index contributed by atoms with van der Waals surface area (Å²) in [6, 6.07) is 9.83. The van der Waals surface area contributed by atoms with Crippen molar-refractivity contribution in [1.82, 2.24) is 0 Å². The lowest BCUT2D eigenvalue weighted by molar-refractivity contribution is -0.384. The number of nitrogens with one attached hydrogen (secondary N) is 1. The number of non-ortho nitro benzene ring substituents is 1. The summed E-state index contributed by atoms with van der Waals surface area (Å²) >= 11 is 1.57. The van der Waals surface area contributed by atoms with Crippen LogP contribution in [0.3, 0.4) is 0 Å². The van der Waals surface area contributed by atoms with E-state index in [4.69, 9.17) is 4.42 Å². The molecule has 0 spiro atoms. The van der Waals surface area contributed by atoms with Crippen molar-refractivity contribution in [3.63, 3.8) is 0 Å². The summed E-state index contributed by atoms with van der Waals surface area (Å²) in [6.45, 7) is 0. The van der Waals surface area contributed by atoms with Crippen LogP contribution in [0.15, 0.2) is 51.6 Å². The van der Waals surface area contributed by atoms with Gasteiger partial charge in [-0.05, 0) is 35.7 Å². The highest BCUT2D eigenvalue weighted by Gasteiger charge is 2.26. The van der Waals surface area contributed by atoms with Crippen molar-refractivity contribution in [2.24, 2.45) is 0 Å². The Morgan fingerprint density at radius 2 is 2.08 bits per heavy atom. The molecule has 0 atom stereocenters. The highest BCUT2D eigenvalue weighted by Crippen LogP contribution is 2.36. The fourth-order valence-corrected chi connectivity index (χ4v) is 3.21. The van der Waals surface area contributed by atoms with Gasteiger partial charge in [0, 0.05) is 34.3 Å². The Hall–Kier alpha value is -3.19. The molecular weight excluding hydrogens is 328 g/mol. The minimum Gasteiger partial charge on any atom is -0.457 e. The number of fused-ring (bicyclic) bond motifs is 1. The van der Waals surface area contributed by atoms with E-state index in [1.165, 1.54) is 18.2 Å². The molecule has 0 aliphatic carbocycles. The maximum Gasteiger partial charge on any atom is 0.270 e. The highest BCUT2D eigenvalue weighted by molar-refractivity contribution is 7.08. The molecule has 0 unspecified atom stereocenters. The second-order valence-corrected chi connectivity index (χ2v) is 5.99. The molecule has 24 heavy (non-hydrogen) atoms. The minimum atomic E-state index is -0.484. The second-order valence-electron chi connectivity index (χ2n) is 5.21. The van der Waals surface area contributed by atoms with Crippen LogP contribution >= 0.6 is 11.3 Å². The number of hydrogen-bond donors (Lipinski definition) is 1. The van der Waals surface area contributed by atoms with Crippen LogP contribution in [0.4, 0.5) is 11.4 Å². The molecule has 0 radical (unpaired) electrons. The molecular formula is C17H10N2O4S. The summed E-state index contributed by atoms with van der Waals surface area (Å²) in [5.74, 6) is 0.917. The topological polar surface area (TPSA) is 85.4 Å². The third-order valence-electron chi connectivity index (χ3n) is 3.72. The Labute approximate surface area is 140 Å². The molecule has 0 saturated heterocycles. The molecule has 2 aromatic heterocycles. The molecule has 1 amide bonds. The zero-order chi connectivity index (χ0) is 16.7. The molecule has 7 heteroatoms. The van der Waals surface area contributed by atoms with E-state index in [1.807, 2.05) is 22.9 Å². The predicted octanol–water partition coefficient (Wildman–Crippen LogP) is 4.41. The first kappa shape index (κ1) is 14.4. The number of rotatable bonds is 3. The summed E-state index contributed by atoms with van der Waals surface area (Å²) in [5.41, 5.74) is 2.31. The zero-order valence-corrected chi connectivity index (χ0v) is 13.0. The number of carbonyl (C=O) groups excluding carboxylic acids is 1. The summed E-state index contributed by atoms with van der Waals surface area (Å²) in [7, 11) is 0. The van der Waals surface area contributed by atoms with Crippen molar-refractivity contribution >= 4 is 40.3 Å². The zero-order valence-electron chi connectivity index (χ0n) is 12.2. The standard InChI is InChI=1S/C17H10N2O4S/c20-17-14(13-7-11(19(21)22)1-3-15(13)18-17)8-12-2-4-16(23-12)10-5-6-24-9-10/h1-9H,(H,18,20)/b14-8+. The predicted molar refractivity (Wildman–Crippen MR) is 91.6 cm³/mol. The maximum absolute atomic E-state index is 12.2. The van der Waals surface area contributed by atoms with E-state index in [0.29, 0.717) is 28.3 Å². The Kier molecular flexibility index (Phi) is 3.28. The first-order valence-corrected chi connectivity index (χ1v) is 8.00. The quantitative estimate of drug-likeness (QED) is 0.435. The molecule has 0 bridgehead atoms. The van der Waals surface area contributed by atoms with Gasteiger partial charge in [-0.25, -0.2) is 0 Å². The van der Waals surface area contributed by atoms with Crippen molar-refractivity contribution < 1.29 is 14.1 Å². The van der Waals surface area contributed by atoms with E-state index in [1.54, 1.807) is 23.5 Å². The number of nitrogens with zero attached hydrogens (tertiary/aromatic N) is 1. The number of furan rings is 1. The number of benzene rings is 1. The SMILES string of the molecule is O=C1Nc2ccc([N+](=O)[O-])cc2/C1=C\c1ccc(-c2ccsc2)o1. The minimum absolute atomic E-state index is 0.0606. The molecule has 1 aromatic carbocycles. The van der Waals surface area contributed by atoms with E-state index in [-0.39, 0.29) is 11.6 Å². The van der Waals surface area contributed by atoms with Gasteiger partial charge in [-0.2, -0.15) is 11.3 Å². The van der Waals surface area contributed by atoms with Gasteiger partial charge < -0.3 is 9.73 Å². The van der Waals surface area contributed by atoms with E-state index in [2.05, 4.69) is 5.32 Å². The Balaban J connectivity index is 1.75. The molecule has 6 nitrogen and oxygen atoms in total. The fourth-order valence-electron chi connectivity index (χ4n) is 2.57. The monoisotopic (exact) mass is 338 g/mol. The van der Waals surface area contributed by atoms with Gasteiger partial charge in [0.1, 0.15) is 11.5 Å². The second kappa shape index (κ2) is 5.47. The number of amides is 1. The molecule has 1 N–H and O–H groups in total. The molecule has 0 fully saturated rings. The van der Waals surface area contributed by atoms with E-state index in [0.717, 1.165) is 5.56 Å². The largest absolute Gasteiger partial charge is 0.457 e. The normalized spacial score (nSPS) is 14.7. The number of thiophene rings is 1. The third-order valence-corrected chi connectivity index (χ3v) is 4.40. The van der Waals surface area contributed by atoms with Crippen LogP contribution in [-0.4, -0.2) is 10.8 Å². The van der Waals surface area contributed by atoms with Gasteiger partial charge in [0.05, 0.1) is 10.5 Å². The highest BCUT2D eigenvalue weighted by atomic mass is 32.1. The summed E-state index contributed by atoms with van der Waals surface area (Å²) in [5, 5.41) is 17.6. The van der Waals surface area contributed by atoms with Gasteiger partial charge in [0.2, 0.25) is 0 Å². The number of hydrogen-bond acceptors (Lipinski definition) is 5. The average Bonchev–Trinajstić information content (AvgIpc) is 3.28. The van der Waals surface area contributed by atoms with Gasteiger partial charge in [0.15, 0.2) is 0 Å². The average molecular weight is 338 g/mol. The van der Waals surface area contributed by atoms with E-state index < -0.39 is 4.92 Å². The molecule has 3 aromatic rings. The first-order valence-electron chi connectivity index (χ1n) is 7.06. The smallest absolute Gasteiger partial charge is 0.270 e. The van der Waals surface area contributed by atoms with Crippen LogP contribution in [0, 0.1) is 10.1 Å². The maximum atomic E-state index is 12.2. The van der Waals surface area contributed by atoms with Gasteiger partial charge >= 0.3 is 0 Å². The number of nitro groups is 1. The van der Waals surface area contributed by atoms with Crippen LogP contribution < -0.4 is 5.32 Å².